The van der Waals surface area contributed by atoms with Gasteiger partial charge in [-0.3, -0.25) is 4.79 Å². The minimum atomic E-state index is 0.00129. The Morgan fingerprint density at radius 2 is 2.00 bits per heavy atom. The van der Waals surface area contributed by atoms with E-state index in [0.717, 1.165) is 46.7 Å². The summed E-state index contributed by atoms with van der Waals surface area (Å²) in [6.07, 6.45) is 2.53. The molecule has 26 heavy (non-hydrogen) atoms. The molecule has 1 fully saturated rings. The summed E-state index contributed by atoms with van der Waals surface area (Å²) in [4.78, 5) is 20.4. The maximum atomic E-state index is 12.6. The summed E-state index contributed by atoms with van der Waals surface area (Å²) in [5.74, 6) is 0.839. The molecule has 1 N–H and O–H groups in total. The summed E-state index contributed by atoms with van der Waals surface area (Å²) in [6, 6.07) is 6.35. The number of thiazole rings is 1. The van der Waals surface area contributed by atoms with Crippen molar-refractivity contribution in [1.29, 1.82) is 0 Å². The van der Waals surface area contributed by atoms with Gasteiger partial charge < -0.3 is 10.2 Å². The van der Waals surface area contributed by atoms with Gasteiger partial charge in [-0.05, 0) is 58.2 Å². The molecule has 0 spiro atoms. The van der Waals surface area contributed by atoms with Crippen LogP contribution in [0.25, 0.3) is 10.6 Å². The first kappa shape index (κ1) is 19.1. The standard InChI is InChI=1S/C21H29N3OS/c1-14-7-10-24(11-8-14)12-9-22-20(25)19-17(4)23-21(26-19)18-6-5-15(2)13-16(18)3/h5-6,13-14H,7-12H2,1-4H3,(H,22,25). The lowest BCUT2D eigenvalue weighted by molar-refractivity contribution is 0.0947. The fourth-order valence-corrected chi connectivity index (χ4v) is 4.54. The number of likely N-dealkylation sites (tertiary alicyclic amines) is 1. The van der Waals surface area contributed by atoms with Crippen molar-refractivity contribution in [3.05, 3.63) is 39.9 Å². The second-order valence-corrected chi connectivity index (χ2v) is 8.53. The first-order chi connectivity index (χ1) is 12.4. The van der Waals surface area contributed by atoms with Crippen molar-refractivity contribution >= 4 is 17.2 Å². The van der Waals surface area contributed by atoms with E-state index in [-0.39, 0.29) is 5.91 Å². The van der Waals surface area contributed by atoms with Gasteiger partial charge in [0.25, 0.3) is 5.91 Å². The summed E-state index contributed by atoms with van der Waals surface area (Å²) in [5.41, 5.74) is 4.37. The molecule has 0 saturated carbocycles. The van der Waals surface area contributed by atoms with Crippen molar-refractivity contribution < 1.29 is 4.79 Å². The van der Waals surface area contributed by atoms with Crippen LogP contribution in [-0.2, 0) is 0 Å². The molecule has 2 aromatic rings. The Bertz CT molecular complexity index is 776. The maximum Gasteiger partial charge on any atom is 0.263 e. The lowest BCUT2D eigenvalue weighted by Crippen LogP contribution is -2.39. The van der Waals surface area contributed by atoms with Crippen LogP contribution in [-0.4, -0.2) is 42.0 Å². The topological polar surface area (TPSA) is 45.2 Å². The second kappa shape index (κ2) is 8.31. The van der Waals surface area contributed by atoms with Crippen LogP contribution in [0.15, 0.2) is 18.2 Å². The zero-order valence-electron chi connectivity index (χ0n) is 16.3. The van der Waals surface area contributed by atoms with E-state index < -0.39 is 0 Å². The van der Waals surface area contributed by atoms with Crippen molar-refractivity contribution in [1.82, 2.24) is 15.2 Å². The first-order valence-electron chi connectivity index (χ1n) is 9.49. The molecule has 5 heteroatoms. The molecule has 140 valence electrons. The van der Waals surface area contributed by atoms with Crippen LogP contribution >= 0.6 is 11.3 Å². The monoisotopic (exact) mass is 371 g/mol. The normalized spacial score (nSPS) is 16.0. The molecule has 0 atom stereocenters. The van der Waals surface area contributed by atoms with E-state index >= 15 is 0 Å². The Morgan fingerprint density at radius 3 is 2.69 bits per heavy atom. The molecule has 0 bridgehead atoms. The summed E-state index contributed by atoms with van der Waals surface area (Å²) in [5, 5.41) is 4.00. The van der Waals surface area contributed by atoms with E-state index in [4.69, 9.17) is 0 Å². The Morgan fingerprint density at radius 1 is 1.27 bits per heavy atom. The van der Waals surface area contributed by atoms with E-state index in [1.165, 1.54) is 35.3 Å². The smallest absolute Gasteiger partial charge is 0.263 e. The number of aromatic nitrogens is 1. The van der Waals surface area contributed by atoms with Crippen LogP contribution in [0.1, 0.15) is 46.3 Å². The number of carbonyl (C=O) groups excluding carboxylic acids is 1. The van der Waals surface area contributed by atoms with Crippen LogP contribution in [0.5, 0.6) is 0 Å². The lowest BCUT2D eigenvalue weighted by Gasteiger charge is -2.30. The molecule has 1 aliphatic rings. The highest BCUT2D eigenvalue weighted by atomic mass is 32.1. The van der Waals surface area contributed by atoms with Crippen molar-refractivity contribution in [2.45, 2.75) is 40.5 Å². The van der Waals surface area contributed by atoms with Gasteiger partial charge in [-0.15, -0.1) is 11.3 Å². The predicted molar refractivity (Wildman–Crippen MR) is 109 cm³/mol. The zero-order valence-corrected chi connectivity index (χ0v) is 17.1. The van der Waals surface area contributed by atoms with Gasteiger partial charge in [-0.1, -0.05) is 30.7 Å². The third kappa shape index (κ3) is 4.51. The number of hydrogen-bond donors (Lipinski definition) is 1. The van der Waals surface area contributed by atoms with Gasteiger partial charge >= 0.3 is 0 Å². The first-order valence-corrected chi connectivity index (χ1v) is 10.3. The summed E-state index contributed by atoms with van der Waals surface area (Å²) in [6.45, 7) is 12.3. The summed E-state index contributed by atoms with van der Waals surface area (Å²) < 4.78 is 0. The molecule has 1 saturated heterocycles. The third-order valence-electron chi connectivity index (χ3n) is 5.20. The van der Waals surface area contributed by atoms with Gasteiger partial charge in [0.2, 0.25) is 0 Å². The molecule has 0 unspecified atom stereocenters. The van der Waals surface area contributed by atoms with E-state index in [1.54, 1.807) is 0 Å². The lowest BCUT2D eigenvalue weighted by atomic mass is 9.99. The van der Waals surface area contributed by atoms with Crippen LogP contribution < -0.4 is 5.32 Å². The quantitative estimate of drug-likeness (QED) is 0.857. The third-order valence-corrected chi connectivity index (χ3v) is 6.39. The average molecular weight is 372 g/mol. The van der Waals surface area contributed by atoms with Gasteiger partial charge in [-0.25, -0.2) is 4.98 Å². The highest BCUT2D eigenvalue weighted by Crippen LogP contribution is 2.30. The number of nitrogens with one attached hydrogen (secondary N) is 1. The Kier molecular flexibility index (Phi) is 6.09. The highest BCUT2D eigenvalue weighted by Gasteiger charge is 2.18. The number of nitrogens with zero attached hydrogens (tertiary/aromatic N) is 2. The van der Waals surface area contributed by atoms with E-state index in [0.29, 0.717) is 6.54 Å². The van der Waals surface area contributed by atoms with Crippen molar-refractivity contribution in [3.8, 4) is 10.6 Å². The molecule has 1 aliphatic heterocycles. The van der Waals surface area contributed by atoms with Crippen molar-refractivity contribution in [3.63, 3.8) is 0 Å². The number of benzene rings is 1. The van der Waals surface area contributed by atoms with Crippen LogP contribution in [0.2, 0.25) is 0 Å². The van der Waals surface area contributed by atoms with Gasteiger partial charge in [0.15, 0.2) is 0 Å². The summed E-state index contributed by atoms with van der Waals surface area (Å²) >= 11 is 1.49. The molecule has 1 aromatic heterocycles. The van der Waals surface area contributed by atoms with Crippen molar-refractivity contribution in [2.24, 2.45) is 5.92 Å². The van der Waals surface area contributed by atoms with Gasteiger partial charge in [0.05, 0.1) is 5.69 Å². The minimum Gasteiger partial charge on any atom is -0.350 e. The average Bonchev–Trinajstić information content (AvgIpc) is 2.98. The Labute approximate surface area is 160 Å². The van der Waals surface area contributed by atoms with E-state index in [2.05, 4.69) is 54.2 Å². The SMILES string of the molecule is Cc1ccc(-c2nc(C)c(C(=O)NCCN3CCC(C)CC3)s2)c(C)c1. The Hall–Kier alpha value is -1.72. The number of amides is 1. The van der Waals surface area contributed by atoms with Gasteiger partial charge in [-0.2, -0.15) is 0 Å². The van der Waals surface area contributed by atoms with Crippen LogP contribution in [0.3, 0.4) is 0 Å². The largest absolute Gasteiger partial charge is 0.350 e. The molecule has 0 radical (unpaired) electrons. The molecule has 2 heterocycles. The number of aryl methyl sites for hydroxylation is 3. The number of rotatable bonds is 5. The Balaban J connectivity index is 1.60. The number of piperidine rings is 1. The molecular formula is C21H29N3OS. The molecule has 3 rings (SSSR count). The maximum absolute atomic E-state index is 12.6. The minimum absolute atomic E-state index is 0.00129. The molecule has 0 aliphatic carbocycles. The van der Waals surface area contributed by atoms with E-state index in [9.17, 15) is 4.79 Å². The van der Waals surface area contributed by atoms with Crippen LogP contribution in [0.4, 0.5) is 0 Å². The van der Waals surface area contributed by atoms with E-state index in [1.807, 2.05) is 6.92 Å². The molecule has 1 amide bonds. The fourth-order valence-electron chi connectivity index (χ4n) is 3.47. The second-order valence-electron chi connectivity index (χ2n) is 7.53. The molecule has 4 nitrogen and oxygen atoms in total. The number of carbonyl (C=O) groups is 1. The summed E-state index contributed by atoms with van der Waals surface area (Å²) in [7, 11) is 0. The molecular weight excluding hydrogens is 342 g/mol. The highest BCUT2D eigenvalue weighted by molar-refractivity contribution is 7.17. The number of hydrogen-bond acceptors (Lipinski definition) is 4. The fraction of sp³-hybridized carbons (Fsp3) is 0.524. The van der Waals surface area contributed by atoms with Gasteiger partial charge in [0.1, 0.15) is 9.88 Å². The zero-order chi connectivity index (χ0) is 18.7. The van der Waals surface area contributed by atoms with Crippen molar-refractivity contribution in [2.75, 3.05) is 26.2 Å². The molecule has 1 aromatic carbocycles. The van der Waals surface area contributed by atoms with Crippen LogP contribution in [0, 0.1) is 26.7 Å². The van der Waals surface area contributed by atoms with Gasteiger partial charge in [0, 0.05) is 18.7 Å². The predicted octanol–water partition coefficient (Wildman–Crippen LogP) is 4.20.